The smallest absolute Gasteiger partial charge is 0.338 e. The highest BCUT2D eigenvalue weighted by molar-refractivity contribution is 7.95. The van der Waals surface area contributed by atoms with Crippen LogP contribution in [0.3, 0.4) is 0 Å². The van der Waals surface area contributed by atoms with Crippen LogP contribution in [0.1, 0.15) is 10.4 Å². The largest absolute Gasteiger partial charge is 0.452 e. The van der Waals surface area contributed by atoms with Crippen LogP contribution in [0.25, 0.3) is 0 Å². The van der Waals surface area contributed by atoms with Gasteiger partial charge in [0.05, 0.1) is 30.2 Å². The minimum atomic E-state index is -3.99. The molecule has 0 atom stereocenters. The summed E-state index contributed by atoms with van der Waals surface area (Å²) in [6, 6.07) is 9.60. The van der Waals surface area contributed by atoms with Gasteiger partial charge in [0.1, 0.15) is 8.42 Å². The van der Waals surface area contributed by atoms with Crippen molar-refractivity contribution in [2.24, 2.45) is 0 Å². The standard InChI is InChI=1S/C21H21N3O8S4/c25-18(24-5-7-31-8-6-24)14-32-21(26)15-11-16(22-35(27,28)19-3-1-9-33-19)13-17(12-15)23-36(29,30)20-4-2-10-34-20/h1-4,9-13,22-23H,5-8,14H2. The summed E-state index contributed by atoms with van der Waals surface area (Å²) in [6.45, 7) is 1.01. The molecule has 2 N–H and O–H groups in total. The van der Waals surface area contributed by atoms with Gasteiger partial charge in [-0.15, -0.1) is 22.7 Å². The van der Waals surface area contributed by atoms with Crippen molar-refractivity contribution in [2.45, 2.75) is 8.42 Å². The predicted octanol–water partition coefficient (Wildman–Crippen LogP) is 2.43. The number of esters is 1. The lowest BCUT2D eigenvalue weighted by Gasteiger charge is -2.26. The average molecular weight is 572 g/mol. The number of rotatable bonds is 9. The number of carbonyl (C=O) groups excluding carboxylic acids is 2. The van der Waals surface area contributed by atoms with Crippen molar-refractivity contribution in [2.75, 3.05) is 42.4 Å². The third-order valence-electron chi connectivity index (χ3n) is 4.88. The number of thiophene rings is 2. The molecule has 1 aliphatic rings. The first-order valence-electron chi connectivity index (χ1n) is 10.4. The summed E-state index contributed by atoms with van der Waals surface area (Å²) in [4.78, 5) is 26.6. The number of hydrogen-bond acceptors (Lipinski definition) is 10. The minimum absolute atomic E-state index is 0.0345. The molecule has 0 spiro atoms. The number of nitrogens with one attached hydrogen (secondary N) is 2. The molecule has 1 aromatic carbocycles. The molecule has 36 heavy (non-hydrogen) atoms. The van der Waals surface area contributed by atoms with Crippen molar-refractivity contribution < 1.29 is 35.9 Å². The first-order chi connectivity index (χ1) is 17.1. The zero-order valence-electron chi connectivity index (χ0n) is 18.6. The Morgan fingerprint density at radius 2 is 1.42 bits per heavy atom. The second-order valence-electron chi connectivity index (χ2n) is 7.44. The number of amides is 1. The van der Waals surface area contributed by atoms with Crippen LogP contribution in [0, 0.1) is 0 Å². The van der Waals surface area contributed by atoms with E-state index in [0.717, 1.165) is 22.7 Å². The van der Waals surface area contributed by atoms with Gasteiger partial charge in [0.25, 0.3) is 26.0 Å². The van der Waals surface area contributed by atoms with E-state index in [1.807, 2.05) is 0 Å². The van der Waals surface area contributed by atoms with Crippen LogP contribution in [-0.2, 0) is 34.3 Å². The number of morpholine rings is 1. The van der Waals surface area contributed by atoms with Gasteiger partial charge in [-0.05, 0) is 41.1 Å². The Hall–Kier alpha value is -2.98. The van der Waals surface area contributed by atoms with E-state index >= 15 is 0 Å². The van der Waals surface area contributed by atoms with Crippen molar-refractivity contribution in [3.05, 3.63) is 58.8 Å². The SMILES string of the molecule is O=C(OCC(=O)N1CCOCC1)c1cc(NS(=O)(=O)c2cccs2)cc(NS(=O)(=O)c2cccs2)c1. The Balaban J connectivity index is 1.58. The van der Waals surface area contributed by atoms with E-state index in [1.165, 1.54) is 35.2 Å². The van der Waals surface area contributed by atoms with E-state index in [0.29, 0.717) is 26.3 Å². The monoisotopic (exact) mass is 571 g/mol. The van der Waals surface area contributed by atoms with Gasteiger partial charge in [0.15, 0.2) is 6.61 Å². The molecule has 0 aliphatic carbocycles. The molecule has 3 aromatic rings. The van der Waals surface area contributed by atoms with Crippen LogP contribution in [0.2, 0.25) is 0 Å². The molecule has 3 heterocycles. The maximum atomic E-state index is 12.8. The number of hydrogen-bond donors (Lipinski definition) is 2. The number of carbonyl (C=O) groups is 2. The molecule has 1 saturated heterocycles. The zero-order chi connectivity index (χ0) is 25.8. The number of sulfonamides is 2. The summed E-state index contributed by atoms with van der Waals surface area (Å²) in [5.74, 6) is -1.33. The third-order valence-corrected chi connectivity index (χ3v) is 10.4. The fraction of sp³-hybridized carbons (Fsp3) is 0.238. The Bertz CT molecular complexity index is 1350. The normalized spacial score (nSPS) is 14.3. The summed E-state index contributed by atoms with van der Waals surface area (Å²) < 4.78 is 65.9. The molecule has 11 nitrogen and oxygen atoms in total. The molecule has 0 radical (unpaired) electrons. The van der Waals surface area contributed by atoms with E-state index in [-0.39, 0.29) is 25.4 Å². The highest BCUT2D eigenvalue weighted by atomic mass is 32.3. The van der Waals surface area contributed by atoms with Crippen LogP contribution < -0.4 is 9.44 Å². The van der Waals surface area contributed by atoms with Crippen LogP contribution in [0.15, 0.2) is 61.6 Å². The van der Waals surface area contributed by atoms with Gasteiger partial charge >= 0.3 is 5.97 Å². The molecule has 192 valence electrons. The summed E-state index contributed by atoms with van der Waals surface area (Å²) in [5, 5.41) is 3.18. The highest BCUT2D eigenvalue weighted by Crippen LogP contribution is 2.27. The number of nitrogens with zero attached hydrogens (tertiary/aromatic N) is 1. The van der Waals surface area contributed by atoms with Crippen LogP contribution in [0.5, 0.6) is 0 Å². The van der Waals surface area contributed by atoms with Crippen molar-refractivity contribution in [1.29, 1.82) is 0 Å². The van der Waals surface area contributed by atoms with Crippen molar-refractivity contribution >= 4 is 66.0 Å². The fourth-order valence-electron chi connectivity index (χ4n) is 3.22. The second-order valence-corrected chi connectivity index (χ2v) is 13.2. The molecule has 0 bridgehead atoms. The Morgan fingerprint density at radius 3 is 1.89 bits per heavy atom. The lowest BCUT2D eigenvalue weighted by atomic mass is 10.2. The number of benzene rings is 1. The molecule has 1 amide bonds. The first-order valence-corrected chi connectivity index (χ1v) is 15.2. The van der Waals surface area contributed by atoms with Gasteiger partial charge in [0.2, 0.25) is 0 Å². The minimum Gasteiger partial charge on any atom is -0.452 e. The number of anilines is 2. The van der Waals surface area contributed by atoms with Gasteiger partial charge in [-0.3, -0.25) is 14.2 Å². The third kappa shape index (κ3) is 6.41. The fourth-order valence-corrected chi connectivity index (χ4v) is 7.29. The highest BCUT2D eigenvalue weighted by Gasteiger charge is 2.22. The maximum Gasteiger partial charge on any atom is 0.338 e. The van der Waals surface area contributed by atoms with E-state index in [2.05, 4.69) is 9.44 Å². The summed E-state index contributed by atoms with van der Waals surface area (Å²) in [7, 11) is -7.98. The molecule has 1 aliphatic heterocycles. The molecule has 0 unspecified atom stereocenters. The van der Waals surface area contributed by atoms with Gasteiger partial charge in [-0.2, -0.15) is 0 Å². The van der Waals surface area contributed by atoms with Crippen molar-refractivity contribution in [3.63, 3.8) is 0 Å². The second kappa shape index (κ2) is 11.0. The number of ether oxygens (including phenoxy) is 2. The van der Waals surface area contributed by atoms with Crippen LogP contribution in [0.4, 0.5) is 11.4 Å². The topological polar surface area (TPSA) is 148 Å². The van der Waals surface area contributed by atoms with E-state index in [4.69, 9.17) is 9.47 Å². The quantitative estimate of drug-likeness (QED) is 0.372. The Kier molecular flexibility index (Phi) is 7.94. The van der Waals surface area contributed by atoms with Gasteiger partial charge in [-0.25, -0.2) is 21.6 Å². The molecule has 1 fully saturated rings. The van der Waals surface area contributed by atoms with E-state index in [1.54, 1.807) is 22.9 Å². The van der Waals surface area contributed by atoms with E-state index in [9.17, 15) is 26.4 Å². The van der Waals surface area contributed by atoms with E-state index < -0.39 is 38.5 Å². The van der Waals surface area contributed by atoms with Gasteiger partial charge in [0, 0.05) is 13.1 Å². The molecule has 15 heteroatoms. The summed E-state index contributed by atoms with van der Waals surface area (Å²) >= 11 is 1.99. The molecule has 2 aromatic heterocycles. The lowest BCUT2D eigenvalue weighted by molar-refractivity contribution is -0.138. The predicted molar refractivity (Wildman–Crippen MR) is 134 cm³/mol. The van der Waals surface area contributed by atoms with Crippen LogP contribution >= 0.6 is 22.7 Å². The summed E-state index contributed by atoms with van der Waals surface area (Å²) in [6.07, 6.45) is 0. The van der Waals surface area contributed by atoms with Crippen molar-refractivity contribution in [3.8, 4) is 0 Å². The molecular formula is C21H21N3O8S4. The average Bonchev–Trinajstić information content (AvgIpc) is 3.57. The molecule has 0 saturated carbocycles. The van der Waals surface area contributed by atoms with Crippen LogP contribution in [-0.4, -0.2) is 66.5 Å². The zero-order valence-corrected chi connectivity index (χ0v) is 21.8. The Morgan fingerprint density at radius 1 is 0.889 bits per heavy atom. The van der Waals surface area contributed by atoms with Gasteiger partial charge < -0.3 is 14.4 Å². The first kappa shape index (κ1) is 26.1. The summed E-state index contributed by atoms with van der Waals surface area (Å²) in [5.41, 5.74) is -0.289. The Labute approximate surface area is 215 Å². The van der Waals surface area contributed by atoms with Gasteiger partial charge in [-0.1, -0.05) is 12.1 Å². The lowest BCUT2D eigenvalue weighted by Crippen LogP contribution is -2.42. The maximum absolute atomic E-state index is 12.8. The van der Waals surface area contributed by atoms with Crippen molar-refractivity contribution in [1.82, 2.24) is 4.90 Å². The molecular weight excluding hydrogens is 551 g/mol. The molecule has 4 rings (SSSR count).